The molecule has 1 rings (SSSR count). The molecule has 0 aliphatic heterocycles. The molecule has 0 aliphatic rings. The van der Waals surface area contributed by atoms with Crippen LogP contribution in [0.15, 0.2) is 18.2 Å². The van der Waals surface area contributed by atoms with Crippen LogP contribution in [0.3, 0.4) is 0 Å². The molecular weight excluding hydrogens is 221 g/mol. The van der Waals surface area contributed by atoms with Crippen LogP contribution in [0.2, 0.25) is 5.02 Å². The highest BCUT2D eigenvalue weighted by Crippen LogP contribution is 2.35. The molecule has 1 aromatic carbocycles. The monoisotopic (exact) mass is 226 g/mol. The van der Waals surface area contributed by atoms with E-state index >= 15 is 0 Å². The van der Waals surface area contributed by atoms with Crippen molar-refractivity contribution in [2.24, 2.45) is 0 Å². The average Bonchev–Trinajstić information content (AvgIpc) is 2.07. The van der Waals surface area contributed by atoms with Crippen LogP contribution in [0.5, 0.6) is 5.75 Å². The summed E-state index contributed by atoms with van der Waals surface area (Å²) in [5, 5.41) is 17.5. The van der Waals surface area contributed by atoms with Gasteiger partial charge in [-0.2, -0.15) is 13.2 Å². The third-order valence-electron chi connectivity index (χ3n) is 1.60. The molecule has 1 atom stereocenters. The Hall–Kier alpha value is -0.940. The summed E-state index contributed by atoms with van der Waals surface area (Å²) in [6.07, 6.45) is -7.32. The number of benzene rings is 1. The van der Waals surface area contributed by atoms with Gasteiger partial charge in [0.2, 0.25) is 0 Å². The zero-order valence-corrected chi connectivity index (χ0v) is 7.47. The minimum absolute atomic E-state index is 0.231. The molecule has 0 fully saturated rings. The fraction of sp³-hybridized carbons (Fsp3) is 0.250. The van der Waals surface area contributed by atoms with Gasteiger partial charge in [-0.05, 0) is 17.7 Å². The van der Waals surface area contributed by atoms with E-state index < -0.39 is 17.8 Å². The molecule has 2 nitrogen and oxygen atoms in total. The second-order valence-corrected chi connectivity index (χ2v) is 3.06. The average molecular weight is 227 g/mol. The molecule has 0 heterocycles. The van der Waals surface area contributed by atoms with Crippen LogP contribution >= 0.6 is 11.6 Å². The Morgan fingerprint density at radius 1 is 1.29 bits per heavy atom. The number of hydrogen-bond donors (Lipinski definition) is 2. The number of phenols is 1. The standard InChI is InChI=1S/C8H6ClF3O2/c9-5-3-4(1-2-6(5)13)7(14)8(10,11)12/h1-3,7,13-14H. The lowest BCUT2D eigenvalue weighted by molar-refractivity contribution is -0.206. The first-order valence-electron chi connectivity index (χ1n) is 3.55. The second kappa shape index (κ2) is 3.67. The summed E-state index contributed by atoms with van der Waals surface area (Å²) < 4.78 is 36.0. The number of aliphatic hydroxyl groups is 1. The molecule has 0 aliphatic carbocycles. The maximum Gasteiger partial charge on any atom is 0.418 e. The molecule has 78 valence electrons. The number of alkyl halides is 3. The van der Waals surface area contributed by atoms with Gasteiger partial charge in [0.15, 0.2) is 6.10 Å². The van der Waals surface area contributed by atoms with Crippen molar-refractivity contribution in [3.63, 3.8) is 0 Å². The predicted molar refractivity (Wildman–Crippen MR) is 44.1 cm³/mol. The van der Waals surface area contributed by atoms with Crippen LogP contribution in [0, 0.1) is 0 Å². The topological polar surface area (TPSA) is 40.5 Å². The summed E-state index contributed by atoms with van der Waals surface area (Å²) in [6.45, 7) is 0. The zero-order chi connectivity index (χ0) is 10.9. The minimum Gasteiger partial charge on any atom is -0.506 e. The highest BCUT2D eigenvalue weighted by Gasteiger charge is 2.39. The van der Waals surface area contributed by atoms with Crippen molar-refractivity contribution in [3.05, 3.63) is 28.8 Å². The third kappa shape index (κ3) is 2.30. The molecule has 2 N–H and O–H groups in total. The van der Waals surface area contributed by atoms with E-state index in [1.54, 1.807) is 0 Å². The van der Waals surface area contributed by atoms with Crippen molar-refractivity contribution in [3.8, 4) is 5.75 Å². The molecule has 1 unspecified atom stereocenters. The SMILES string of the molecule is Oc1ccc(C(O)C(F)(F)F)cc1Cl. The van der Waals surface area contributed by atoms with Crippen LogP contribution in [0.1, 0.15) is 11.7 Å². The highest BCUT2D eigenvalue weighted by atomic mass is 35.5. The largest absolute Gasteiger partial charge is 0.506 e. The van der Waals surface area contributed by atoms with E-state index in [0.29, 0.717) is 0 Å². The van der Waals surface area contributed by atoms with Gasteiger partial charge >= 0.3 is 6.18 Å². The van der Waals surface area contributed by atoms with E-state index in [2.05, 4.69) is 0 Å². The van der Waals surface area contributed by atoms with E-state index in [9.17, 15) is 13.2 Å². The Morgan fingerprint density at radius 2 is 1.86 bits per heavy atom. The number of halogens is 4. The van der Waals surface area contributed by atoms with Crippen LogP contribution in [0.25, 0.3) is 0 Å². The summed E-state index contributed by atoms with van der Waals surface area (Å²) in [6, 6.07) is 2.82. The van der Waals surface area contributed by atoms with Gasteiger partial charge in [0, 0.05) is 0 Å². The molecule has 14 heavy (non-hydrogen) atoms. The molecule has 0 aromatic heterocycles. The number of aromatic hydroxyl groups is 1. The Morgan fingerprint density at radius 3 is 2.29 bits per heavy atom. The molecule has 0 radical (unpaired) electrons. The van der Waals surface area contributed by atoms with Crippen molar-refractivity contribution in [2.75, 3.05) is 0 Å². The number of phenolic OH excluding ortho intramolecular Hbond substituents is 1. The Labute approximate surface area is 82.5 Å². The Bertz CT molecular complexity index is 338. The quantitative estimate of drug-likeness (QED) is 0.773. The lowest BCUT2D eigenvalue weighted by Crippen LogP contribution is -2.20. The van der Waals surface area contributed by atoms with Gasteiger partial charge < -0.3 is 10.2 Å². The normalized spacial score (nSPS) is 14.1. The van der Waals surface area contributed by atoms with Crippen LogP contribution in [0.4, 0.5) is 13.2 Å². The van der Waals surface area contributed by atoms with E-state index in [1.165, 1.54) is 0 Å². The summed E-state index contributed by atoms with van der Waals surface area (Å²) in [4.78, 5) is 0. The molecule has 0 bridgehead atoms. The first-order chi connectivity index (χ1) is 6.32. The summed E-state index contributed by atoms with van der Waals surface area (Å²) >= 11 is 5.38. The van der Waals surface area contributed by atoms with E-state index in [4.69, 9.17) is 21.8 Å². The van der Waals surface area contributed by atoms with Gasteiger partial charge in [0.1, 0.15) is 5.75 Å². The lowest BCUT2D eigenvalue weighted by atomic mass is 10.1. The van der Waals surface area contributed by atoms with Gasteiger partial charge in [-0.1, -0.05) is 17.7 Å². The van der Waals surface area contributed by atoms with Crippen molar-refractivity contribution in [2.45, 2.75) is 12.3 Å². The van der Waals surface area contributed by atoms with E-state index in [0.717, 1.165) is 18.2 Å². The number of aliphatic hydroxyl groups excluding tert-OH is 1. The third-order valence-corrected chi connectivity index (χ3v) is 1.90. The summed E-state index contributed by atoms with van der Waals surface area (Å²) in [5.74, 6) is -0.329. The molecule has 1 aromatic rings. The molecular formula is C8H6ClF3O2. The predicted octanol–water partition coefficient (Wildman–Crippen LogP) is 2.64. The highest BCUT2D eigenvalue weighted by molar-refractivity contribution is 6.32. The van der Waals surface area contributed by atoms with Gasteiger partial charge in [0.25, 0.3) is 0 Å². The van der Waals surface area contributed by atoms with Gasteiger partial charge in [-0.3, -0.25) is 0 Å². The first kappa shape index (κ1) is 11.1. The molecule has 6 heteroatoms. The fourth-order valence-corrected chi connectivity index (χ4v) is 1.07. The number of hydrogen-bond acceptors (Lipinski definition) is 2. The molecule has 0 amide bonds. The lowest BCUT2D eigenvalue weighted by Gasteiger charge is -2.14. The summed E-state index contributed by atoms with van der Waals surface area (Å²) in [5.41, 5.74) is -0.402. The molecule has 0 saturated heterocycles. The number of rotatable bonds is 1. The van der Waals surface area contributed by atoms with Gasteiger partial charge in [0.05, 0.1) is 5.02 Å². The first-order valence-corrected chi connectivity index (χ1v) is 3.93. The smallest absolute Gasteiger partial charge is 0.418 e. The fourth-order valence-electron chi connectivity index (χ4n) is 0.882. The van der Waals surface area contributed by atoms with Crippen molar-refractivity contribution in [1.82, 2.24) is 0 Å². The van der Waals surface area contributed by atoms with Crippen molar-refractivity contribution < 1.29 is 23.4 Å². The van der Waals surface area contributed by atoms with Gasteiger partial charge in [-0.15, -0.1) is 0 Å². The Kier molecular flexibility index (Phi) is 2.92. The van der Waals surface area contributed by atoms with Crippen molar-refractivity contribution in [1.29, 1.82) is 0 Å². The van der Waals surface area contributed by atoms with Crippen LogP contribution in [-0.4, -0.2) is 16.4 Å². The maximum atomic E-state index is 12.0. The van der Waals surface area contributed by atoms with Crippen LogP contribution < -0.4 is 0 Å². The van der Waals surface area contributed by atoms with Crippen molar-refractivity contribution >= 4 is 11.6 Å². The zero-order valence-electron chi connectivity index (χ0n) is 6.72. The Balaban J connectivity index is 3.03. The van der Waals surface area contributed by atoms with E-state index in [-0.39, 0.29) is 10.8 Å². The van der Waals surface area contributed by atoms with Crippen LogP contribution in [-0.2, 0) is 0 Å². The molecule has 0 spiro atoms. The van der Waals surface area contributed by atoms with E-state index in [1.807, 2.05) is 0 Å². The second-order valence-electron chi connectivity index (χ2n) is 2.65. The minimum atomic E-state index is -4.74. The maximum absolute atomic E-state index is 12.0. The van der Waals surface area contributed by atoms with Gasteiger partial charge in [-0.25, -0.2) is 0 Å². The summed E-state index contributed by atoms with van der Waals surface area (Å²) in [7, 11) is 0. The molecule has 0 saturated carbocycles.